The molecule has 1 heterocycles. The van der Waals surface area contributed by atoms with Crippen molar-refractivity contribution in [2.45, 2.75) is 31.9 Å². The highest BCUT2D eigenvalue weighted by Gasteiger charge is 2.24. The van der Waals surface area contributed by atoms with Gasteiger partial charge in [-0.1, -0.05) is 12.1 Å². The standard InChI is InChI=1S/C15H18N4O/c1-10-8-17-15(18-9-10)14(19-16)11-3-2-4-13(7-11)20-12-5-6-12/h2-4,7-9,12,14,19H,5-6,16H2,1H3. The highest BCUT2D eigenvalue weighted by atomic mass is 16.5. The summed E-state index contributed by atoms with van der Waals surface area (Å²) in [5.74, 6) is 7.19. The van der Waals surface area contributed by atoms with Gasteiger partial charge < -0.3 is 4.74 Å². The molecule has 0 radical (unpaired) electrons. The molecule has 0 spiro atoms. The smallest absolute Gasteiger partial charge is 0.150 e. The minimum absolute atomic E-state index is 0.238. The highest BCUT2D eigenvalue weighted by Crippen LogP contribution is 2.29. The van der Waals surface area contributed by atoms with E-state index in [0.717, 1.165) is 29.7 Å². The summed E-state index contributed by atoms with van der Waals surface area (Å²) in [6.07, 6.45) is 6.24. The molecule has 0 saturated heterocycles. The molecule has 3 rings (SSSR count). The number of aromatic nitrogens is 2. The molecule has 5 heteroatoms. The van der Waals surface area contributed by atoms with Gasteiger partial charge in [0.2, 0.25) is 0 Å². The molecule has 1 atom stereocenters. The normalized spacial score (nSPS) is 15.9. The summed E-state index contributed by atoms with van der Waals surface area (Å²) in [5.41, 5.74) is 4.79. The Morgan fingerprint density at radius 3 is 2.70 bits per heavy atom. The molecule has 1 aliphatic carbocycles. The lowest BCUT2D eigenvalue weighted by Gasteiger charge is -2.16. The van der Waals surface area contributed by atoms with Crippen molar-refractivity contribution in [2.24, 2.45) is 5.84 Å². The maximum absolute atomic E-state index is 5.81. The van der Waals surface area contributed by atoms with E-state index in [-0.39, 0.29) is 6.04 Å². The number of benzene rings is 1. The van der Waals surface area contributed by atoms with E-state index in [1.807, 2.05) is 31.2 Å². The molecule has 1 aromatic carbocycles. The number of ether oxygens (including phenoxy) is 1. The predicted octanol–water partition coefficient (Wildman–Crippen LogP) is 1.88. The Morgan fingerprint density at radius 1 is 1.30 bits per heavy atom. The number of hydrogen-bond donors (Lipinski definition) is 2. The lowest BCUT2D eigenvalue weighted by Crippen LogP contribution is -2.30. The average Bonchev–Trinajstić information content (AvgIpc) is 3.26. The van der Waals surface area contributed by atoms with Gasteiger partial charge >= 0.3 is 0 Å². The Hall–Kier alpha value is -1.98. The van der Waals surface area contributed by atoms with Gasteiger partial charge in [0.1, 0.15) is 11.8 Å². The van der Waals surface area contributed by atoms with E-state index in [4.69, 9.17) is 10.6 Å². The maximum Gasteiger partial charge on any atom is 0.150 e. The fourth-order valence-electron chi connectivity index (χ4n) is 2.02. The Labute approximate surface area is 118 Å². The number of nitrogens with one attached hydrogen (secondary N) is 1. The maximum atomic E-state index is 5.81. The minimum Gasteiger partial charge on any atom is -0.490 e. The van der Waals surface area contributed by atoms with Crippen molar-refractivity contribution in [3.63, 3.8) is 0 Å². The summed E-state index contributed by atoms with van der Waals surface area (Å²) in [6, 6.07) is 7.68. The zero-order valence-corrected chi connectivity index (χ0v) is 11.4. The molecule has 2 aromatic rings. The summed E-state index contributed by atoms with van der Waals surface area (Å²) >= 11 is 0. The third-order valence-corrected chi connectivity index (χ3v) is 3.24. The third-order valence-electron chi connectivity index (χ3n) is 3.24. The number of nitrogens with two attached hydrogens (primary N) is 1. The van der Waals surface area contributed by atoms with Crippen LogP contribution in [-0.4, -0.2) is 16.1 Å². The Balaban J connectivity index is 1.85. The zero-order chi connectivity index (χ0) is 13.9. The highest BCUT2D eigenvalue weighted by molar-refractivity contribution is 5.33. The first kappa shape index (κ1) is 13.0. The lowest BCUT2D eigenvalue weighted by atomic mass is 10.1. The third kappa shape index (κ3) is 2.95. The van der Waals surface area contributed by atoms with E-state index >= 15 is 0 Å². The van der Waals surface area contributed by atoms with E-state index in [9.17, 15) is 0 Å². The quantitative estimate of drug-likeness (QED) is 0.641. The van der Waals surface area contributed by atoms with Gasteiger partial charge in [0.25, 0.3) is 0 Å². The summed E-state index contributed by atoms with van der Waals surface area (Å²) in [6.45, 7) is 1.96. The van der Waals surface area contributed by atoms with Crippen molar-refractivity contribution in [2.75, 3.05) is 0 Å². The molecule has 3 N–H and O–H groups in total. The van der Waals surface area contributed by atoms with Crippen molar-refractivity contribution >= 4 is 0 Å². The molecule has 0 aliphatic heterocycles. The molecule has 104 valence electrons. The number of hydrogen-bond acceptors (Lipinski definition) is 5. The molecule has 1 aromatic heterocycles. The number of rotatable bonds is 5. The molecule has 0 amide bonds. The predicted molar refractivity (Wildman–Crippen MR) is 76.0 cm³/mol. The van der Waals surface area contributed by atoms with Crippen LogP contribution in [0.5, 0.6) is 5.75 Å². The molecule has 1 fully saturated rings. The van der Waals surface area contributed by atoms with Crippen LogP contribution in [0.2, 0.25) is 0 Å². The first-order chi connectivity index (χ1) is 9.76. The molecule has 1 aliphatic rings. The SMILES string of the molecule is Cc1cnc(C(NN)c2cccc(OC3CC3)c2)nc1. The second-order valence-electron chi connectivity index (χ2n) is 5.11. The van der Waals surface area contributed by atoms with Crippen LogP contribution < -0.4 is 16.0 Å². The number of hydrazine groups is 1. The van der Waals surface area contributed by atoms with Gasteiger partial charge in [-0.3, -0.25) is 5.84 Å². The van der Waals surface area contributed by atoms with Crippen molar-refractivity contribution < 1.29 is 4.74 Å². The van der Waals surface area contributed by atoms with Crippen LogP contribution in [0.1, 0.15) is 35.8 Å². The Kier molecular flexibility index (Phi) is 3.62. The Morgan fingerprint density at radius 2 is 2.05 bits per heavy atom. The van der Waals surface area contributed by atoms with E-state index in [1.54, 1.807) is 12.4 Å². The molecule has 20 heavy (non-hydrogen) atoms. The number of nitrogens with zero attached hydrogens (tertiary/aromatic N) is 2. The van der Waals surface area contributed by atoms with Gasteiger partial charge in [-0.2, -0.15) is 0 Å². The summed E-state index contributed by atoms with van der Waals surface area (Å²) in [7, 11) is 0. The average molecular weight is 270 g/mol. The van der Waals surface area contributed by atoms with Gasteiger partial charge in [0, 0.05) is 12.4 Å². The lowest BCUT2D eigenvalue weighted by molar-refractivity contribution is 0.302. The van der Waals surface area contributed by atoms with Crippen molar-refractivity contribution in [3.05, 3.63) is 53.6 Å². The van der Waals surface area contributed by atoms with Gasteiger partial charge in [0.15, 0.2) is 5.82 Å². The van der Waals surface area contributed by atoms with E-state index in [0.29, 0.717) is 11.9 Å². The molecule has 1 saturated carbocycles. The largest absolute Gasteiger partial charge is 0.490 e. The topological polar surface area (TPSA) is 73.1 Å². The van der Waals surface area contributed by atoms with Gasteiger partial charge in [-0.25, -0.2) is 15.4 Å². The summed E-state index contributed by atoms with van der Waals surface area (Å²) in [4.78, 5) is 8.67. The second kappa shape index (κ2) is 5.56. The fourth-order valence-corrected chi connectivity index (χ4v) is 2.02. The number of aryl methyl sites for hydroxylation is 1. The Bertz CT molecular complexity index is 581. The second-order valence-corrected chi connectivity index (χ2v) is 5.11. The van der Waals surface area contributed by atoms with Crippen LogP contribution in [0.15, 0.2) is 36.7 Å². The van der Waals surface area contributed by atoms with Crippen LogP contribution >= 0.6 is 0 Å². The first-order valence-electron chi connectivity index (χ1n) is 6.77. The van der Waals surface area contributed by atoms with Crippen LogP contribution in [0.4, 0.5) is 0 Å². The zero-order valence-electron chi connectivity index (χ0n) is 11.4. The molecular formula is C15H18N4O. The molecule has 1 unspecified atom stereocenters. The van der Waals surface area contributed by atoms with E-state index < -0.39 is 0 Å². The van der Waals surface area contributed by atoms with Crippen molar-refractivity contribution in [1.29, 1.82) is 0 Å². The van der Waals surface area contributed by atoms with Crippen molar-refractivity contribution in [3.8, 4) is 5.75 Å². The molecular weight excluding hydrogens is 252 g/mol. The fraction of sp³-hybridized carbons (Fsp3) is 0.333. The monoisotopic (exact) mass is 270 g/mol. The van der Waals surface area contributed by atoms with Crippen LogP contribution in [-0.2, 0) is 0 Å². The van der Waals surface area contributed by atoms with Gasteiger partial charge in [-0.05, 0) is 43.0 Å². The molecule has 0 bridgehead atoms. The van der Waals surface area contributed by atoms with E-state index in [2.05, 4.69) is 15.4 Å². The van der Waals surface area contributed by atoms with Gasteiger partial charge in [0.05, 0.1) is 6.10 Å². The van der Waals surface area contributed by atoms with Gasteiger partial charge in [-0.15, -0.1) is 0 Å². The summed E-state index contributed by atoms with van der Waals surface area (Å²) < 4.78 is 5.81. The minimum atomic E-state index is -0.238. The van der Waals surface area contributed by atoms with Crippen LogP contribution in [0, 0.1) is 6.92 Å². The van der Waals surface area contributed by atoms with Crippen LogP contribution in [0.3, 0.4) is 0 Å². The van der Waals surface area contributed by atoms with E-state index in [1.165, 1.54) is 0 Å². The van der Waals surface area contributed by atoms with Crippen LogP contribution in [0.25, 0.3) is 0 Å². The van der Waals surface area contributed by atoms with Crippen molar-refractivity contribution in [1.82, 2.24) is 15.4 Å². The first-order valence-corrected chi connectivity index (χ1v) is 6.77. The molecule has 5 nitrogen and oxygen atoms in total. The summed E-state index contributed by atoms with van der Waals surface area (Å²) in [5, 5.41) is 0.